The van der Waals surface area contributed by atoms with Crippen LogP contribution in [0.5, 0.6) is 0 Å². The number of rotatable bonds is 3. The second kappa shape index (κ2) is 5.66. The number of urea groups is 1. The number of hydrogen-bond donors (Lipinski definition) is 1. The van der Waals surface area contributed by atoms with Crippen molar-refractivity contribution < 1.29 is 14.0 Å². The summed E-state index contributed by atoms with van der Waals surface area (Å²) in [5, 5.41) is 2.76. The number of hydrogen-bond acceptors (Lipinski definition) is 2. The predicted molar refractivity (Wildman–Crippen MR) is 84.3 cm³/mol. The van der Waals surface area contributed by atoms with Crippen LogP contribution in [0, 0.1) is 5.82 Å². The summed E-state index contributed by atoms with van der Waals surface area (Å²) >= 11 is 6.06. The van der Waals surface area contributed by atoms with Gasteiger partial charge in [0.15, 0.2) is 0 Å². The molecular weight excluding hydrogens is 319 g/mol. The molecule has 0 spiro atoms. The molecule has 1 aliphatic heterocycles. The highest BCUT2D eigenvalue weighted by Crippen LogP contribution is 2.34. The average molecular weight is 333 g/mol. The third-order valence-electron chi connectivity index (χ3n) is 3.93. The zero-order valence-electron chi connectivity index (χ0n) is 12.3. The lowest BCUT2D eigenvalue weighted by Crippen LogP contribution is -2.41. The fraction of sp³-hybridized carbons (Fsp3) is 0.176. The summed E-state index contributed by atoms with van der Waals surface area (Å²) < 4.78 is 13.2. The van der Waals surface area contributed by atoms with Gasteiger partial charge in [-0.25, -0.2) is 9.18 Å². The van der Waals surface area contributed by atoms with Gasteiger partial charge in [0.2, 0.25) is 0 Å². The van der Waals surface area contributed by atoms with Gasteiger partial charge in [-0.3, -0.25) is 9.69 Å². The first kappa shape index (κ1) is 15.5. The maximum atomic E-state index is 13.2. The van der Waals surface area contributed by atoms with E-state index in [1.807, 2.05) is 30.3 Å². The van der Waals surface area contributed by atoms with Gasteiger partial charge in [0.25, 0.3) is 5.91 Å². The number of nitrogens with one attached hydrogen (secondary N) is 1. The van der Waals surface area contributed by atoms with Crippen molar-refractivity contribution in [1.29, 1.82) is 0 Å². The van der Waals surface area contributed by atoms with Crippen molar-refractivity contribution in [2.45, 2.75) is 19.0 Å². The molecule has 6 heteroatoms. The fourth-order valence-electron chi connectivity index (χ4n) is 2.68. The normalized spacial score (nSPS) is 20.7. The van der Waals surface area contributed by atoms with Crippen molar-refractivity contribution in [3.05, 3.63) is 70.5 Å². The fourth-order valence-corrected chi connectivity index (χ4v) is 3.04. The van der Waals surface area contributed by atoms with Crippen LogP contribution in [0.4, 0.5) is 9.18 Å². The van der Waals surface area contributed by atoms with Gasteiger partial charge in [-0.05, 0) is 24.6 Å². The second-order valence-corrected chi connectivity index (χ2v) is 5.96. The van der Waals surface area contributed by atoms with E-state index < -0.39 is 23.3 Å². The first-order valence-corrected chi connectivity index (χ1v) is 7.43. The van der Waals surface area contributed by atoms with Gasteiger partial charge in [0.1, 0.15) is 11.4 Å². The Labute approximate surface area is 137 Å². The molecule has 0 saturated carbocycles. The zero-order chi connectivity index (χ0) is 16.6. The molecule has 23 heavy (non-hydrogen) atoms. The minimum Gasteiger partial charge on any atom is -0.319 e. The monoisotopic (exact) mass is 332 g/mol. The van der Waals surface area contributed by atoms with Crippen molar-refractivity contribution >= 4 is 23.5 Å². The van der Waals surface area contributed by atoms with Gasteiger partial charge in [0.05, 0.1) is 6.54 Å². The Morgan fingerprint density at radius 2 is 1.87 bits per heavy atom. The van der Waals surface area contributed by atoms with Gasteiger partial charge < -0.3 is 5.32 Å². The van der Waals surface area contributed by atoms with Crippen LogP contribution >= 0.6 is 11.6 Å². The summed E-state index contributed by atoms with van der Waals surface area (Å²) in [6, 6.07) is 12.5. The van der Waals surface area contributed by atoms with Crippen LogP contribution in [0.15, 0.2) is 48.5 Å². The largest absolute Gasteiger partial charge is 0.325 e. The lowest BCUT2D eigenvalue weighted by atomic mass is 9.92. The second-order valence-electron chi connectivity index (χ2n) is 5.56. The Balaban J connectivity index is 1.93. The van der Waals surface area contributed by atoms with Gasteiger partial charge in [-0.2, -0.15) is 0 Å². The van der Waals surface area contributed by atoms with Crippen LogP contribution in [0.1, 0.15) is 18.1 Å². The molecule has 1 N–H and O–H groups in total. The molecule has 0 radical (unpaired) electrons. The minimum absolute atomic E-state index is 0.0997. The standard InChI is InChI=1S/C17H14ClFN2O2/c1-17(13-8-7-12(19)9-14(13)18)15(22)21(16(23)20-17)10-11-5-3-2-4-6-11/h2-9H,10H2,1H3,(H,20,23). The number of imide groups is 1. The number of amides is 3. The van der Waals surface area contributed by atoms with Gasteiger partial charge in [-0.15, -0.1) is 0 Å². The van der Waals surface area contributed by atoms with E-state index in [9.17, 15) is 14.0 Å². The van der Waals surface area contributed by atoms with Crippen molar-refractivity contribution in [3.8, 4) is 0 Å². The quantitative estimate of drug-likeness (QED) is 0.875. The van der Waals surface area contributed by atoms with Crippen LogP contribution in [-0.4, -0.2) is 16.8 Å². The topological polar surface area (TPSA) is 49.4 Å². The Kier molecular flexibility index (Phi) is 3.82. The van der Waals surface area contributed by atoms with Gasteiger partial charge >= 0.3 is 6.03 Å². The molecule has 4 nitrogen and oxygen atoms in total. The van der Waals surface area contributed by atoms with Crippen LogP contribution < -0.4 is 5.32 Å². The zero-order valence-corrected chi connectivity index (χ0v) is 13.1. The SMILES string of the molecule is CC1(c2ccc(F)cc2Cl)NC(=O)N(Cc2ccccc2)C1=O. The van der Waals surface area contributed by atoms with E-state index >= 15 is 0 Å². The van der Waals surface area contributed by atoms with E-state index in [0.29, 0.717) is 5.56 Å². The number of halogens is 2. The summed E-state index contributed by atoms with van der Waals surface area (Å²) in [5.41, 5.74) is -0.101. The lowest BCUT2D eigenvalue weighted by molar-refractivity contribution is -0.131. The highest BCUT2D eigenvalue weighted by molar-refractivity contribution is 6.32. The maximum absolute atomic E-state index is 13.2. The average Bonchev–Trinajstić information content (AvgIpc) is 2.72. The van der Waals surface area contributed by atoms with Crippen LogP contribution in [0.25, 0.3) is 0 Å². The molecule has 0 aliphatic carbocycles. The third kappa shape index (κ3) is 2.68. The van der Waals surface area contributed by atoms with E-state index in [1.165, 1.54) is 12.1 Å². The molecule has 1 atom stereocenters. The predicted octanol–water partition coefficient (Wildman–Crippen LogP) is 3.45. The molecule has 2 aromatic carbocycles. The number of carbonyl (C=O) groups is 2. The Morgan fingerprint density at radius 1 is 1.17 bits per heavy atom. The smallest absolute Gasteiger partial charge is 0.319 e. The van der Waals surface area contributed by atoms with E-state index in [2.05, 4.69) is 5.32 Å². The molecule has 118 valence electrons. The van der Waals surface area contributed by atoms with E-state index in [4.69, 9.17) is 11.6 Å². The van der Waals surface area contributed by atoms with Gasteiger partial charge in [-0.1, -0.05) is 48.0 Å². The highest BCUT2D eigenvalue weighted by atomic mass is 35.5. The lowest BCUT2D eigenvalue weighted by Gasteiger charge is -2.23. The molecule has 3 rings (SSSR count). The van der Waals surface area contributed by atoms with Crippen LogP contribution in [-0.2, 0) is 16.9 Å². The van der Waals surface area contributed by atoms with Crippen molar-refractivity contribution in [3.63, 3.8) is 0 Å². The summed E-state index contributed by atoms with van der Waals surface area (Å²) in [5.74, 6) is -0.917. The number of benzene rings is 2. The van der Waals surface area contributed by atoms with E-state index in [1.54, 1.807) is 6.92 Å². The molecule has 3 amide bonds. The van der Waals surface area contributed by atoms with Crippen molar-refractivity contribution in [2.24, 2.45) is 0 Å². The van der Waals surface area contributed by atoms with Crippen LogP contribution in [0.3, 0.4) is 0 Å². The molecule has 1 aliphatic rings. The van der Waals surface area contributed by atoms with Crippen molar-refractivity contribution in [2.75, 3.05) is 0 Å². The molecule has 1 heterocycles. The molecule has 1 saturated heterocycles. The van der Waals surface area contributed by atoms with Gasteiger partial charge in [0, 0.05) is 10.6 Å². The van der Waals surface area contributed by atoms with E-state index in [0.717, 1.165) is 16.5 Å². The summed E-state index contributed by atoms with van der Waals surface area (Å²) in [6.45, 7) is 1.73. The van der Waals surface area contributed by atoms with Crippen molar-refractivity contribution in [1.82, 2.24) is 10.2 Å². The summed E-state index contributed by atoms with van der Waals surface area (Å²) in [6.07, 6.45) is 0. The van der Waals surface area contributed by atoms with Crippen LogP contribution in [0.2, 0.25) is 5.02 Å². The molecule has 0 aromatic heterocycles. The maximum Gasteiger partial charge on any atom is 0.325 e. The molecule has 1 fully saturated rings. The first-order valence-electron chi connectivity index (χ1n) is 7.05. The summed E-state index contributed by atoms with van der Waals surface area (Å²) in [4.78, 5) is 26.1. The molecule has 2 aromatic rings. The van der Waals surface area contributed by atoms with E-state index in [-0.39, 0.29) is 11.6 Å². The Morgan fingerprint density at radius 3 is 2.52 bits per heavy atom. The molecular formula is C17H14ClFN2O2. The first-order chi connectivity index (χ1) is 10.9. The Hall–Kier alpha value is -2.40. The molecule has 0 bridgehead atoms. The minimum atomic E-state index is -1.31. The number of nitrogens with zero attached hydrogens (tertiary/aromatic N) is 1. The summed E-state index contributed by atoms with van der Waals surface area (Å²) in [7, 11) is 0. The Bertz CT molecular complexity index is 781. The molecule has 1 unspecified atom stereocenters. The number of carbonyl (C=O) groups excluding carboxylic acids is 2. The third-order valence-corrected chi connectivity index (χ3v) is 4.24. The highest BCUT2D eigenvalue weighted by Gasteiger charge is 2.49.